The van der Waals surface area contributed by atoms with E-state index in [0.717, 1.165) is 55.4 Å². The van der Waals surface area contributed by atoms with Gasteiger partial charge in [-0.3, -0.25) is 4.68 Å². The summed E-state index contributed by atoms with van der Waals surface area (Å²) in [6, 6.07) is 7.12. The van der Waals surface area contributed by atoms with E-state index in [-0.39, 0.29) is 5.56 Å². The number of benzene rings is 2. The first-order valence-electron chi connectivity index (χ1n) is 10.8. The van der Waals surface area contributed by atoms with Gasteiger partial charge in [0.1, 0.15) is 11.6 Å². The highest BCUT2D eigenvalue weighted by atomic mass is 35.5. The number of aryl methyl sites for hydroxylation is 1. The fraction of sp³-hybridized carbons (Fsp3) is 0.320. The molecule has 5 nitrogen and oxygen atoms in total. The quantitative estimate of drug-likeness (QED) is 0.306. The van der Waals surface area contributed by atoms with E-state index in [1.165, 1.54) is 12.1 Å². The molecule has 0 aliphatic carbocycles. The highest BCUT2D eigenvalue weighted by Crippen LogP contribution is 2.37. The Balaban J connectivity index is 1.96. The van der Waals surface area contributed by atoms with Crippen LogP contribution in [0.1, 0.15) is 6.42 Å². The highest BCUT2D eigenvalue weighted by Gasteiger charge is 2.19. The van der Waals surface area contributed by atoms with Gasteiger partial charge in [-0.15, -0.1) is 0 Å². The molecule has 0 spiro atoms. The summed E-state index contributed by atoms with van der Waals surface area (Å²) < 4.78 is 29.6. The maximum Gasteiger partial charge on any atom is 0.158 e. The molecule has 0 saturated heterocycles. The van der Waals surface area contributed by atoms with Crippen molar-refractivity contribution in [3.8, 4) is 11.1 Å². The van der Waals surface area contributed by atoms with Gasteiger partial charge in [0.15, 0.2) is 5.82 Å². The van der Waals surface area contributed by atoms with Crippen molar-refractivity contribution in [3.05, 3.63) is 71.9 Å². The molecule has 0 bridgehead atoms. The molecule has 33 heavy (non-hydrogen) atoms. The van der Waals surface area contributed by atoms with E-state index in [9.17, 15) is 8.78 Å². The van der Waals surface area contributed by atoms with Gasteiger partial charge >= 0.3 is 0 Å². The standard InChI is InChI=1S/C25H30ClF2N5/c1-5-29-11-14-33(13-8-6-7-12-31(2)3)25-21-16-22(26)20(17-24(21)32(4)30-25)19-10-9-18(27)15-23(19)28/h5-7,9-10,15-17,29H,1,8,11-14H2,2-4H3/b7-6+. The van der Waals surface area contributed by atoms with E-state index in [4.69, 9.17) is 16.7 Å². The van der Waals surface area contributed by atoms with Crippen LogP contribution in [0.4, 0.5) is 14.6 Å². The van der Waals surface area contributed by atoms with Crippen LogP contribution >= 0.6 is 11.6 Å². The van der Waals surface area contributed by atoms with Crippen LogP contribution in [0.3, 0.4) is 0 Å². The van der Waals surface area contributed by atoms with Crippen LogP contribution < -0.4 is 10.2 Å². The molecule has 3 aromatic rings. The summed E-state index contributed by atoms with van der Waals surface area (Å²) in [5.74, 6) is -0.465. The zero-order valence-electron chi connectivity index (χ0n) is 19.3. The molecule has 0 aliphatic heterocycles. The molecule has 8 heteroatoms. The molecule has 0 radical (unpaired) electrons. The number of nitrogens with zero attached hydrogens (tertiary/aromatic N) is 4. The third-order valence-corrected chi connectivity index (χ3v) is 5.63. The summed E-state index contributed by atoms with van der Waals surface area (Å²) in [6.45, 7) is 6.83. The van der Waals surface area contributed by atoms with Crippen molar-refractivity contribution in [1.29, 1.82) is 0 Å². The van der Waals surface area contributed by atoms with E-state index in [0.29, 0.717) is 10.6 Å². The first kappa shape index (κ1) is 24.7. The molecule has 0 amide bonds. The van der Waals surface area contributed by atoms with Crippen LogP contribution in [0.15, 0.2) is 55.3 Å². The monoisotopic (exact) mass is 473 g/mol. The van der Waals surface area contributed by atoms with Crippen LogP contribution in [0.2, 0.25) is 5.02 Å². The van der Waals surface area contributed by atoms with E-state index in [1.54, 1.807) is 10.9 Å². The van der Waals surface area contributed by atoms with Crippen molar-refractivity contribution in [3.63, 3.8) is 0 Å². The van der Waals surface area contributed by atoms with Crippen molar-refractivity contribution in [2.45, 2.75) is 6.42 Å². The number of halogens is 3. The van der Waals surface area contributed by atoms with Gasteiger partial charge in [0.25, 0.3) is 0 Å². The summed E-state index contributed by atoms with van der Waals surface area (Å²) in [7, 11) is 5.92. The second-order valence-corrected chi connectivity index (χ2v) is 8.50. The largest absolute Gasteiger partial charge is 0.390 e. The van der Waals surface area contributed by atoms with Gasteiger partial charge in [-0.25, -0.2) is 8.78 Å². The van der Waals surface area contributed by atoms with Gasteiger partial charge in [0.05, 0.1) is 5.52 Å². The number of nitrogens with one attached hydrogen (secondary N) is 1. The number of likely N-dealkylation sites (N-methyl/N-ethyl adjacent to an activating group) is 1. The molecule has 3 rings (SSSR count). The SMILES string of the molecule is C=CNCCN(CC/C=C/CN(C)C)c1nn(C)c2cc(-c3ccc(F)cc3F)c(Cl)cc12. The molecule has 0 saturated carbocycles. The third-order valence-electron chi connectivity index (χ3n) is 5.31. The lowest BCUT2D eigenvalue weighted by atomic mass is 10.0. The van der Waals surface area contributed by atoms with Crippen molar-refractivity contribution in [2.75, 3.05) is 45.2 Å². The Morgan fingerprint density at radius 1 is 1.12 bits per heavy atom. The van der Waals surface area contributed by atoms with E-state index >= 15 is 0 Å². The van der Waals surface area contributed by atoms with Crippen molar-refractivity contribution in [2.24, 2.45) is 7.05 Å². The zero-order valence-corrected chi connectivity index (χ0v) is 20.0. The molecule has 0 atom stereocenters. The number of hydrogen-bond acceptors (Lipinski definition) is 4. The van der Waals surface area contributed by atoms with Crippen LogP contribution in [0.5, 0.6) is 0 Å². The zero-order chi connectivity index (χ0) is 24.0. The first-order valence-corrected chi connectivity index (χ1v) is 11.2. The summed E-state index contributed by atoms with van der Waals surface area (Å²) >= 11 is 6.58. The first-order chi connectivity index (χ1) is 15.8. The lowest BCUT2D eigenvalue weighted by Crippen LogP contribution is -2.31. The third kappa shape index (κ3) is 6.12. The smallest absolute Gasteiger partial charge is 0.158 e. The number of rotatable bonds is 11. The Kier molecular flexibility index (Phi) is 8.47. The molecule has 0 unspecified atom stereocenters. The molecule has 1 heterocycles. The molecule has 2 aromatic carbocycles. The van der Waals surface area contributed by atoms with Crippen LogP contribution in [-0.4, -0.2) is 55.0 Å². The van der Waals surface area contributed by atoms with Gasteiger partial charge in [0.2, 0.25) is 0 Å². The lowest BCUT2D eigenvalue weighted by molar-refractivity contribution is 0.456. The van der Waals surface area contributed by atoms with Gasteiger partial charge < -0.3 is 15.1 Å². The highest BCUT2D eigenvalue weighted by molar-refractivity contribution is 6.34. The van der Waals surface area contributed by atoms with Gasteiger partial charge in [-0.2, -0.15) is 5.10 Å². The van der Waals surface area contributed by atoms with Crippen LogP contribution in [0, 0.1) is 11.6 Å². The average Bonchev–Trinajstić information content (AvgIpc) is 3.07. The molecular formula is C25H30ClF2N5. The van der Waals surface area contributed by atoms with Gasteiger partial charge in [-0.05, 0) is 51.0 Å². The minimum atomic E-state index is -0.653. The fourth-order valence-electron chi connectivity index (χ4n) is 3.67. The van der Waals surface area contributed by atoms with Gasteiger partial charge in [0, 0.05) is 60.8 Å². The molecule has 1 aromatic heterocycles. The molecule has 0 fully saturated rings. The van der Waals surface area contributed by atoms with E-state index < -0.39 is 11.6 Å². The van der Waals surface area contributed by atoms with E-state index in [1.807, 2.05) is 33.3 Å². The summed E-state index contributed by atoms with van der Waals surface area (Å²) in [4.78, 5) is 4.31. The normalized spacial score (nSPS) is 11.6. The number of hydrogen-bond donors (Lipinski definition) is 1. The minimum Gasteiger partial charge on any atom is -0.390 e. The number of aromatic nitrogens is 2. The predicted octanol–water partition coefficient (Wildman–Crippen LogP) is 5.22. The topological polar surface area (TPSA) is 36.3 Å². The minimum absolute atomic E-state index is 0.254. The van der Waals surface area contributed by atoms with Crippen molar-refractivity contribution >= 4 is 28.3 Å². The second-order valence-electron chi connectivity index (χ2n) is 8.09. The lowest BCUT2D eigenvalue weighted by Gasteiger charge is -2.22. The maximum atomic E-state index is 14.4. The molecular weight excluding hydrogens is 444 g/mol. The van der Waals surface area contributed by atoms with Crippen LogP contribution in [-0.2, 0) is 7.05 Å². The molecule has 0 aliphatic rings. The fourth-order valence-corrected chi connectivity index (χ4v) is 3.93. The Hall–Kier alpha value is -2.90. The van der Waals surface area contributed by atoms with Crippen molar-refractivity contribution in [1.82, 2.24) is 20.0 Å². The van der Waals surface area contributed by atoms with Gasteiger partial charge in [-0.1, -0.05) is 30.3 Å². The molecule has 176 valence electrons. The number of fused-ring (bicyclic) bond motifs is 1. The Morgan fingerprint density at radius 3 is 2.61 bits per heavy atom. The summed E-state index contributed by atoms with van der Waals surface area (Å²) in [5, 5.41) is 9.16. The van der Waals surface area contributed by atoms with Crippen molar-refractivity contribution < 1.29 is 8.78 Å². The summed E-state index contributed by atoms with van der Waals surface area (Å²) in [6.07, 6.45) is 6.86. The predicted molar refractivity (Wildman–Crippen MR) is 134 cm³/mol. The second kappa shape index (κ2) is 11.3. The Bertz CT molecular complexity index is 1140. The number of anilines is 1. The average molecular weight is 474 g/mol. The van der Waals surface area contributed by atoms with E-state index in [2.05, 4.69) is 33.8 Å². The maximum absolute atomic E-state index is 14.4. The molecule has 1 N–H and O–H groups in total. The summed E-state index contributed by atoms with van der Waals surface area (Å²) in [5.41, 5.74) is 1.57. The Morgan fingerprint density at radius 2 is 1.91 bits per heavy atom. The Labute approximate surface area is 198 Å². The van der Waals surface area contributed by atoms with Crippen LogP contribution in [0.25, 0.3) is 22.0 Å².